The molecule has 0 aliphatic carbocycles. The van der Waals surface area contributed by atoms with Gasteiger partial charge in [0.15, 0.2) is 11.6 Å². The van der Waals surface area contributed by atoms with Crippen LogP contribution in [-0.4, -0.2) is 51.1 Å². The van der Waals surface area contributed by atoms with Crippen LogP contribution in [0.4, 0.5) is 0 Å². The molecule has 0 N–H and O–H groups in total. The van der Waals surface area contributed by atoms with Crippen molar-refractivity contribution in [3.8, 4) is 0 Å². The third-order valence-corrected chi connectivity index (χ3v) is 10.0. The molecule has 0 bridgehead atoms. The number of esters is 1. The highest BCUT2D eigenvalue weighted by molar-refractivity contribution is 6.08. The number of rotatable bonds is 22. The molecule has 0 fully saturated rings. The van der Waals surface area contributed by atoms with Gasteiger partial charge in [-0.1, -0.05) is 79.5 Å². The average molecular weight is 689 g/mol. The SMILES string of the molecule is C=Cc1ccc(C(=C)OCC(C)(C)C(C)CCC(CC)(COCC)CC(C)(C)COC(=O)c2ccc(C(C)=O)c(C(C)=O)c2)cc1C(=C)OC. The van der Waals surface area contributed by atoms with Crippen LogP contribution in [0.5, 0.6) is 0 Å². The molecule has 7 nitrogen and oxygen atoms in total. The number of ketones is 2. The van der Waals surface area contributed by atoms with Gasteiger partial charge in [0.1, 0.15) is 11.5 Å². The monoisotopic (exact) mass is 688 g/mol. The molecule has 0 aromatic heterocycles. The average Bonchev–Trinajstić information content (AvgIpc) is 3.09. The molecule has 0 saturated heterocycles. The number of carbonyl (C=O) groups excluding carboxylic acids is 3. The zero-order valence-electron chi connectivity index (χ0n) is 32.3. The standard InChI is InChI=1S/C43H60O7/c1-14-34-17-18-35(23-39(34)33(8)47-13)32(7)49-27-42(11,12)29(4)21-22-43(15-2,28-48-16-3)25-41(9,10)26-50-40(46)36-19-20-37(30(5)44)38(24-36)31(6)45/h14,17-20,23-24,29H,1,7-8,15-16,21-22,25-28H2,2-6,9-13H3. The molecule has 7 heteroatoms. The zero-order chi connectivity index (χ0) is 37.9. The van der Waals surface area contributed by atoms with E-state index in [0.717, 1.165) is 42.4 Å². The molecule has 274 valence electrons. The van der Waals surface area contributed by atoms with E-state index in [0.29, 0.717) is 42.8 Å². The summed E-state index contributed by atoms with van der Waals surface area (Å²) in [5, 5.41) is 0. The lowest BCUT2D eigenvalue weighted by molar-refractivity contribution is -0.0174. The van der Waals surface area contributed by atoms with Crippen LogP contribution in [0.3, 0.4) is 0 Å². The van der Waals surface area contributed by atoms with Gasteiger partial charge in [-0.3, -0.25) is 9.59 Å². The van der Waals surface area contributed by atoms with E-state index >= 15 is 0 Å². The highest BCUT2D eigenvalue weighted by Gasteiger charge is 2.38. The van der Waals surface area contributed by atoms with Gasteiger partial charge in [0, 0.05) is 34.3 Å². The van der Waals surface area contributed by atoms with E-state index in [4.69, 9.17) is 18.9 Å². The molecule has 0 heterocycles. The van der Waals surface area contributed by atoms with Crippen LogP contribution in [-0.2, 0) is 18.9 Å². The minimum Gasteiger partial charge on any atom is -0.497 e. The van der Waals surface area contributed by atoms with Crippen molar-refractivity contribution in [2.75, 3.05) is 33.5 Å². The van der Waals surface area contributed by atoms with Crippen LogP contribution in [0, 0.1) is 22.2 Å². The number of methoxy groups -OCH3 is 1. The van der Waals surface area contributed by atoms with Gasteiger partial charge in [-0.2, -0.15) is 0 Å². The van der Waals surface area contributed by atoms with E-state index in [-0.39, 0.29) is 45.5 Å². The number of hydrogen-bond acceptors (Lipinski definition) is 7. The molecule has 2 unspecified atom stereocenters. The van der Waals surface area contributed by atoms with Gasteiger partial charge in [0.25, 0.3) is 0 Å². The minimum absolute atomic E-state index is 0.126. The largest absolute Gasteiger partial charge is 0.497 e. The predicted octanol–water partition coefficient (Wildman–Crippen LogP) is 10.5. The van der Waals surface area contributed by atoms with Crippen LogP contribution >= 0.6 is 0 Å². The Balaban J connectivity index is 2.12. The topological polar surface area (TPSA) is 88.1 Å². The number of carbonyl (C=O) groups is 3. The molecule has 2 atom stereocenters. The molecule has 2 aromatic carbocycles. The van der Waals surface area contributed by atoms with Crippen LogP contribution in [0.15, 0.2) is 56.1 Å². The summed E-state index contributed by atoms with van der Waals surface area (Å²) in [5.74, 6) is 0.453. The summed E-state index contributed by atoms with van der Waals surface area (Å²) in [5.41, 5.74) is 2.81. The summed E-state index contributed by atoms with van der Waals surface area (Å²) < 4.78 is 23.6. The van der Waals surface area contributed by atoms with Crippen molar-refractivity contribution in [3.05, 3.63) is 89.5 Å². The van der Waals surface area contributed by atoms with Gasteiger partial charge >= 0.3 is 5.97 Å². The Morgan fingerprint density at radius 2 is 1.44 bits per heavy atom. The van der Waals surface area contributed by atoms with Crippen LogP contribution in [0.2, 0.25) is 0 Å². The molecule has 0 radical (unpaired) electrons. The zero-order valence-corrected chi connectivity index (χ0v) is 32.3. The second kappa shape index (κ2) is 18.3. The summed E-state index contributed by atoms with van der Waals surface area (Å²) >= 11 is 0. The summed E-state index contributed by atoms with van der Waals surface area (Å²) in [7, 11) is 1.60. The first-order valence-electron chi connectivity index (χ1n) is 17.6. The first-order valence-corrected chi connectivity index (χ1v) is 17.6. The summed E-state index contributed by atoms with van der Waals surface area (Å²) in [6.07, 6.45) is 5.38. The summed E-state index contributed by atoms with van der Waals surface area (Å²) in [6.45, 7) is 32.0. The number of benzene rings is 2. The van der Waals surface area contributed by atoms with Gasteiger partial charge in [-0.05, 0) is 93.0 Å². The van der Waals surface area contributed by atoms with E-state index in [1.807, 2.05) is 25.1 Å². The lowest BCUT2D eigenvalue weighted by atomic mass is 9.67. The first-order chi connectivity index (χ1) is 23.4. The molecule has 0 aliphatic rings. The Labute approximate surface area is 301 Å². The van der Waals surface area contributed by atoms with Gasteiger partial charge in [-0.15, -0.1) is 0 Å². The second-order valence-corrected chi connectivity index (χ2v) is 15.1. The van der Waals surface area contributed by atoms with E-state index < -0.39 is 5.97 Å². The molecule has 2 aromatic rings. The van der Waals surface area contributed by atoms with Crippen molar-refractivity contribution in [3.63, 3.8) is 0 Å². The van der Waals surface area contributed by atoms with Crippen LogP contribution in [0.25, 0.3) is 17.6 Å². The molecule has 50 heavy (non-hydrogen) atoms. The Hall–Kier alpha value is -3.97. The lowest BCUT2D eigenvalue weighted by Crippen LogP contribution is -2.36. The predicted molar refractivity (Wildman–Crippen MR) is 204 cm³/mol. The Morgan fingerprint density at radius 1 is 0.820 bits per heavy atom. The van der Waals surface area contributed by atoms with E-state index in [2.05, 4.69) is 61.3 Å². The summed E-state index contributed by atoms with van der Waals surface area (Å²) in [6, 6.07) is 10.4. The fourth-order valence-electron chi connectivity index (χ4n) is 6.29. The van der Waals surface area contributed by atoms with Gasteiger partial charge < -0.3 is 18.9 Å². The minimum atomic E-state index is -0.518. The van der Waals surface area contributed by atoms with Gasteiger partial charge in [0.05, 0.1) is 32.5 Å². The first kappa shape index (κ1) is 42.2. The van der Waals surface area contributed by atoms with Gasteiger partial charge in [0.2, 0.25) is 0 Å². The fourth-order valence-corrected chi connectivity index (χ4v) is 6.29. The number of Topliss-reactive ketones (excluding diaryl/α,β-unsaturated/α-hetero) is 2. The quantitative estimate of drug-likeness (QED) is 0.0691. The third kappa shape index (κ3) is 11.5. The second-order valence-electron chi connectivity index (χ2n) is 15.1. The maximum Gasteiger partial charge on any atom is 0.338 e. The molecule has 2 rings (SSSR count). The number of ether oxygens (including phenoxy) is 4. The third-order valence-electron chi connectivity index (χ3n) is 10.0. The maximum atomic E-state index is 13.1. The smallest absolute Gasteiger partial charge is 0.338 e. The van der Waals surface area contributed by atoms with Crippen LogP contribution < -0.4 is 0 Å². The van der Waals surface area contributed by atoms with Crippen molar-refractivity contribution >= 4 is 35.1 Å². The molecule has 0 aliphatic heterocycles. The van der Waals surface area contributed by atoms with E-state index in [1.54, 1.807) is 19.3 Å². The molecule has 0 amide bonds. The molecular weight excluding hydrogens is 628 g/mol. The van der Waals surface area contributed by atoms with Gasteiger partial charge in [-0.25, -0.2) is 4.79 Å². The van der Waals surface area contributed by atoms with Crippen molar-refractivity contribution in [2.45, 2.75) is 88.0 Å². The highest BCUT2D eigenvalue weighted by Crippen LogP contribution is 2.44. The Morgan fingerprint density at radius 3 is 2.00 bits per heavy atom. The maximum absolute atomic E-state index is 13.1. The Bertz CT molecular complexity index is 1550. The van der Waals surface area contributed by atoms with Crippen molar-refractivity contribution in [1.82, 2.24) is 0 Å². The highest BCUT2D eigenvalue weighted by atomic mass is 16.5. The van der Waals surface area contributed by atoms with E-state index in [1.165, 1.54) is 26.0 Å². The summed E-state index contributed by atoms with van der Waals surface area (Å²) in [4.78, 5) is 37.2. The van der Waals surface area contributed by atoms with Crippen molar-refractivity contribution in [1.29, 1.82) is 0 Å². The fraction of sp³-hybridized carbons (Fsp3) is 0.512. The van der Waals surface area contributed by atoms with E-state index in [9.17, 15) is 14.4 Å². The van der Waals surface area contributed by atoms with Crippen LogP contribution in [0.1, 0.15) is 136 Å². The number of hydrogen-bond donors (Lipinski definition) is 0. The normalized spacial score (nSPS) is 13.5. The molecule has 0 saturated carbocycles. The van der Waals surface area contributed by atoms with Crippen molar-refractivity contribution in [2.24, 2.45) is 22.2 Å². The lowest BCUT2D eigenvalue weighted by Gasteiger charge is -2.41. The molecular formula is C43H60O7. The van der Waals surface area contributed by atoms with Crippen molar-refractivity contribution < 1.29 is 33.3 Å². The Kier molecular flexibility index (Phi) is 15.5. The molecule has 0 spiro atoms.